The summed E-state index contributed by atoms with van der Waals surface area (Å²) >= 11 is 0. The van der Waals surface area contributed by atoms with Gasteiger partial charge in [0.25, 0.3) is 5.91 Å². The Morgan fingerprint density at radius 1 is 1.19 bits per heavy atom. The lowest BCUT2D eigenvalue weighted by atomic mass is 10.2. The summed E-state index contributed by atoms with van der Waals surface area (Å²) in [5.41, 5.74) is 0. The number of carbonyl (C=O) groups is 2. The van der Waals surface area contributed by atoms with Crippen molar-refractivity contribution in [1.29, 1.82) is 0 Å². The van der Waals surface area contributed by atoms with E-state index in [4.69, 9.17) is 4.74 Å². The topological polar surface area (TPSA) is 61.9 Å². The maximum atomic E-state index is 13.2. The van der Waals surface area contributed by atoms with Gasteiger partial charge in [-0.15, -0.1) is 0 Å². The van der Waals surface area contributed by atoms with Crippen molar-refractivity contribution in [2.24, 2.45) is 0 Å². The third kappa shape index (κ3) is 4.72. The first-order chi connectivity index (χ1) is 12.4. The van der Waals surface area contributed by atoms with Crippen LogP contribution >= 0.6 is 0 Å². The van der Waals surface area contributed by atoms with Crippen molar-refractivity contribution in [1.82, 2.24) is 15.1 Å². The first-order valence-corrected chi connectivity index (χ1v) is 9.19. The molecule has 6 nitrogen and oxygen atoms in total. The molecular formula is C19H26FN3O3. The van der Waals surface area contributed by atoms with Gasteiger partial charge in [0.1, 0.15) is 11.6 Å². The highest BCUT2D eigenvalue weighted by Gasteiger charge is 2.32. The molecule has 1 saturated carbocycles. The Bertz CT molecular complexity index is 657. The number of piperazine rings is 1. The number of hydrogen-bond acceptors (Lipinski definition) is 4. The number of hydrogen-bond donors (Lipinski definition) is 1. The summed E-state index contributed by atoms with van der Waals surface area (Å²) in [4.78, 5) is 28.6. The molecular weight excluding hydrogens is 337 g/mol. The molecule has 0 radical (unpaired) electrons. The molecule has 2 unspecified atom stereocenters. The fourth-order valence-corrected chi connectivity index (χ4v) is 3.10. The molecule has 2 aliphatic rings. The average molecular weight is 363 g/mol. The van der Waals surface area contributed by atoms with Crippen LogP contribution in [0, 0.1) is 5.82 Å². The van der Waals surface area contributed by atoms with Crippen LogP contribution in [0.5, 0.6) is 5.75 Å². The van der Waals surface area contributed by atoms with Crippen LogP contribution in [0.25, 0.3) is 0 Å². The predicted octanol–water partition coefficient (Wildman–Crippen LogP) is 1.40. The Hall–Kier alpha value is -2.15. The van der Waals surface area contributed by atoms with E-state index in [2.05, 4.69) is 10.2 Å². The number of rotatable bonds is 6. The van der Waals surface area contributed by atoms with Gasteiger partial charge in [-0.25, -0.2) is 4.39 Å². The van der Waals surface area contributed by atoms with E-state index < -0.39 is 11.9 Å². The van der Waals surface area contributed by atoms with E-state index in [1.165, 1.54) is 12.1 Å². The van der Waals surface area contributed by atoms with Crippen LogP contribution in [0.1, 0.15) is 26.7 Å². The Kier molecular flexibility index (Phi) is 5.76. The first kappa shape index (κ1) is 18.6. The van der Waals surface area contributed by atoms with Crippen LogP contribution in [-0.4, -0.2) is 66.0 Å². The number of carbonyl (C=O) groups excluding carboxylic acids is 2. The van der Waals surface area contributed by atoms with Crippen molar-refractivity contribution in [2.45, 2.75) is 44.9 Å². The number of benzene rings is 1. The van der Waals surface area contributed by atoms with Crippen LogP contribution in [0.4, 0.5) is 4.39 Å². The fourth-order valence-electron chi connectivity index (χ4n) is 3.10. The molecule has 26 heavy (non-hydrogen) atoms. The zero-order valence-corrected chi connectivity index (χ0v) is 15.3. The van der Waals surface area contributed by atoms with Crippen LogP contribution in [0.3, 0.4) is 0 Å². The summed E-state index contributed by atoms with van der Waals surface area (Å²) in [7, 11) is 0. The van der Waals surface area contributed by atoms with Crippen molar-refractivity contribution in [3.8, 4) is 5.75 Å². The quantitative estimate of drug-likeness (QED) is 0.830. The number of amides is 2. The molecule has 1 aromatic carbocycles. The van der Waals surface area contributed by atoms with E-state index in [0.717, 1.165) is 12.8 Å². The highest BCUT2D eigenvalue weighted by molar-refractivity contribution is 5.82. The maximum Gasteiger partial charge on any atom is 0.263 e. The third-order valence-electron chi connectivity index (χ3n) is 4.93. The largest absolute Gasteiger partial charge is 0.481 e. The van der Waals surface area contributed by atoms with Crippen molar-refractivity contribution in [3.05, 3.63) is 30.1 Å². The highest BCUT2D eigenvalue weighted by Crippen LogP contribution is 2.19. The Labute approximate surface area is 153 Å². The second-order valence-corrected chi connectivity index (χ2v) is 7.04. The molecule has 1 aliphatic heterocycles. The molecule has 2 amide bonds. The van der Waals surface area contributed by atoms with Gasteiger partial charge in [-0.3, -0.25) is 14.5 Å². The second kappa shape index (κ2) is 8.03. The summed E-state index contributed by atoms with van der Waals surface area (Å²) in [5, 5.41) is 3.02. The molecule has 7 heteroatoms. The van der Waals surface area contributed by atoms with Gasteiger partial charge in [0.2, 0.25) is 5.91 Å². The molecule has 0 bridgehead atoms. The molecule has 2 atom stereocenters. The fraction of sp³-hybridized carbons (Fsp3) is 0.579. The van der Waals surface area contributed by atoms with Crippen molar-refractivity contribution in [2.75, 3.05) is 26.2 Å². The van der Waals surface area contributed by atoms with E-state index in [9.17, 15) is 14.0 Å². The first-order valence-electron chi connectivity index (χ1n) is 9.19. The summed E-state index contributed by atoms with van der Waals surface area (Å²) in [6.07, 6.45) is 1.47. The van der Waals surface area contributed by atoms with Crippen LogP contribution in [-0.2, 0) is 9.59 Å². The minimum absolute atomic E-state index is 0.0649. The third-order valence-corrected chi connectivity index (χ3v) is 4.93. The maximum absolute atomic E-state index is 13.2. The molecule has 1 N–H and O–H groups in total. The molecule has 1 saturated heterocycles. The minimum Gasteiger partial charge on any atom is -0.481 e. The molecule has 1 aromatic rings. The SMILES string of the molecule is CC(Oc1cccc(F)c1)C(=O)N1CCN(C(C)C(=O)NC2CC2)CC1. The van der Waals surface area contributed by atoms with Gasteiger partial charge in [-0.2, -0.15) is 0 Å². The van der Waals surface area contributed by atoms with Crippen LogP contribution in [0.15, 0.2) is 24.3 Å². The smallest absolute Gasteiger partial charge is 0.263 e. The number of ether oxygens (including phenoxy) is 1. The number of nitrogens with one attached hydrogen (secondary N) is 1. The lowest BCUT2D eigenvalue weighted by Gasteiger charge is -2.38. The molecule has 0 spiro atoms. The lowest BCUT2D eigenvalue weighted by molar-refractivity contribution is -0.140. The Morgan fingerprint density at radius 3 is 2.50 bits per heavy atom. The zero-order chi connectivity index (χ0) is 18.7. The van der Waals surface area contributed by atoms with Gasteiger partial charge in [0.05, 0.1) is 6.04 Å². The monoisotopic (exact) mass is 363 g/mol. The normalized spacial score (nSPS) is 20.3. The summed E-state index contributed by atoms with van der Waals surface area (Å²) < 4.78 is 18.8. The van der Waals surface area contributed by atoms with E-state index in [1.54, 1.807) is 24.0 Å². The van der Waals surface area contributed by atoms with Crippen LogP contribution in [0.2, 0.25) is 0 Å². The summed E-state index contributed by atoms with van der Waals surface area (Å²) in [6, 6.07) is 5.95. The molecule has 1 aliphatic carbocycles. The van der Waals surface area contributed by atoms with E-state index in [0.29, 0.717) is 38.0 Å². The standard InChI is InChI=1S/C19H26FN3O3/c1-13(18(24)21-16-6-7-16)22-8-10-23(11-9-22)19(25)14(2)26-17-5-3-4-15(20)12-17/h3-5,12-14,16H,6-11H2,1-2H3,(H,21,24). The molecule has 2 fully saturated rings. The predicted molar refractivity (Wildman–Crippen MR) is 95.3 cm³/mol. The van der Waals surface area contributed by atoms with Gasteiger partial charge in [-0.1, -0.05) is 6.07 Å². The number of nitrogens with zero attached hydrogens (tertiary/aromatic N) is 2. The van der Waals surface area contributed by atoms with Crippen LogP contribution < -0.4 is 10.1 Å². The van der Waals surface area contributed by atoms with Gasteiger partial charge < -0.3 is 15.0 Å². The van der Waals surface area contributed by atoms with Crippen molar-refractivity contribution >= 4 is 11.8 Å². The van der Waals surface area contributed by atoms with E-state index >= 15 is 0 Å². The lowest BCUT2D eigenvalue weighted by Crippen LogP contribution is -2.56. The molecule has 0 aromatic heterocycles. The van der Waals surface area contributed by atoms with Crippen molar-refractivity contribution in [3.63, 3.8) is 0 Å². The van der Waals surface area contributed by atoms with E-state index in [-0.39, 0.29) is 17.9 Å². The summed E-state index contributed by atoms with van der Waals surface area (Å²) in [6.45, 7) is 5.99. The summed E-state index contributed by atoms with van der Waals surface area (Å²) in [5.74, 6) is -0.108. The Morgan fingerprint density at radius 2 is 1.88 bits per heavy atom. The van der Waals surface area contributed by atoms with E-state index in [1.807, 2.05) is 6.92 Å². The van der Waals surface area contributed by atoms with Gasteiger partial charge in [-0.05, 0) is 38.8 Å². The second-order valence-electron chi connectivity index (χ2n) is 7.04. The molecule has 3 rings (SSSR count). The zero-order valence-electron chi connectivity index (χ0n) is 15.3. The van der Waals surface area contributed by atoms with Gasteiger partial charge >= 0.3 is 0 Å². The Balaban J connectivity index is 1.47. The highest BCUT2D eigenvalue weighted by atomic mass is 19.1. The average Bonchev–Trinajstić information content (AvgIpc) is 3.44. The van der Waals surface area contributed by atoms with Crippen molar-refractivity contribution < 1.29 is 18.7 Å². The van der Waals surface area contributed by atoms with Gasteiger partial charge in [0.15, 0.2) is 6.10 Å². The molecule has 142 valence electrons. The number of halogens is 1. The van der Waals surface area contributed by atoms with Gasteiger partial charge in [0, 0.05) is 38.3 Å². The minimum atomic E-state index is -0.682. The molecule has 1 heterocycles.